The predicted molar refractivity (Wildman–Crippen MR) is 45.3 cm³/mol. The largest absolute Gasteiger partial charge is 0.242 e. The van der Waals surface area contributed by atoms with Crippen molar-refractivity contribution in [3.8, 4) is 0 Å². The molecule has 1 aliphatic heterocycles. The molecule has 1 heterocycles. The highest BCUT2D eigenvalue weighted by Gasteiger charge is 2.07. The van der Waals surface area contributed by atoms with Crippen LogP contribution in [0.3, 0.4) is 0 Å². The lowest BCUT2D eigenvalue weighted by atomic mass is 10.1. The van der Waals surface area contributed by atoms with E-state index < -0.39 is 0 Å². The minimum atomic E-state index is 0.784. The normalized spacial score (nSPS) is 21.0. The third-order valence-electron chi connectivity index (χ3n) is 1.79. The Labute approximate surface area is 68.2 Å². The molecule has 0 aliphatic carbocycles. The molecule has 1 aliphatic rings. The number of nitrogens with one attached hydrogen (secondary N) is 3. The summed E-state index contributed by atoms with van der Waals surface area (Å²) in [6, 6.07) is 0. The first kappa shape index (κ1) is 8.93. The van der Waals surface area contributed by atoms with Crippen LogP contribution in [0.15, 0.2) is 0 Å². The fraction of sp³-hybridized carbons (Fsp3) is 1.00. The molecule has 0 atom stereocenters. The average molecular weight is 158 g/mol. The molecule has 0 radical (unpaired) electrons. The first-order chi connectivity index (χ1) is 5.29. The molecule has 4 nitrogen and oxygen atoms in total. The molecule has 3 N–H and O–H groups in total. The van der Waals surface area contributed by atoms with Crippen molar-refractivity contribution in [3.05, 3.63) is 0 Å². The van der Waals surface area contributed by atoms with E-state index in [0.717, 1.165) is 25.6 Å². The van der Waals surface area contributed by atoms with Gasteiger partial charge < -0.3 is 0 Å². The van der Waals surface area contributed by atoms with Gasteiger partial charge in [0, 0.05) is 19.6 Å². The van der Waals surface area contributed by atoms with E-state index in [-0.39, 0.29) is 0 Å². The Morgan fingerprint density at radius 2 is 2.27 bits per heavy atom. The zero-order valence-corrected chi connectivity index (χ0v) is 7.35. The molecule has 1 saturated heterocycles. The molecule has 0 unspecified atom stereocenters. The molecule has 0 aromatic carbocycles. The lowest BCUT2D eigenvalue weighted by molar-refractivity contribution is 0.0910. The van der Waals surface area contributed by atoms with Gasteiger partial charge in [-0.3, -0.25) is 0 Å². The van der Waals surface area contributed by atoms with Gasteiger partial charge in [-0.05, 0) is 12.3 Å². The van der Waals surface area contributed by atoms with Crippen LogP contribution < -0.4 is 16.5 Å². The molecule has 1 rings (SSSR count). The van der Waals surface area contributed by atoms with Crippen molar-refractivity contribution in [3.63, 3.8) is 0 Å². The smallest absolute Gasteiger partial charge is 0.0284 e. The summed E-state index contributed by atoms with van der Waals surface area (Å²) in [5.74, 6) is 0.784. The van der Waals surface area contributed by atoms with Gasteiger partial charge in [-0.25, -0.2) is 10.4 Å². The van der Waals surface area contributed by atoms with Gasteiger partial charge in [0.05, 0.1) is 0 Å². The second kappa shape index (κ2) is 4.66. The molecular weight excluding hydrogens is 140 g/mol. The van der Waals surface area contributed by atoms with Crippen LogP contribution in [0.25, 0.3) is 0 Å². The van der Waals surface area contributed by atoms with E-state index in [1.165, 1.54) is 6.42 Å². The van der Waals surface area contributed by atoms with Crippen LogP contribution in [0.2, 0.25) is 0 Å². The van der Waals surface area contributed by atoms with Crippen molar-refractivity contribution in [2.24, 2.45) is 5.92 Å². The van der Waals surface area contributed by atoms with Gasteiger partial charge in [-0.2, -0.15) is 11.1 Å². The topological polar surface area (TPSA) is 39.3 Å². The van der Waals surface area contributed by atoms with Gasteiger partial charge in [-0.1, -0.05) is 13.8 Å². The Morgan fingerprint density at radius 3 is 2.82 bits per heavy atom. The van der Waals surface area contributed by atoms with Crippen LogP contribution >= 0.6 is 0 Å². The van der Waals surface area contributed by atoms with E-state index in [2.05, 4.69) is 35.4 Å². The maximum atomic E-state index is 3.05. The van der Waals surface area contributed by atoms with Crippen molar-refractivity contribution in [2.75, 3.05) is 19.6 Å². The van der Waals surface area contributed by atoms with Crippen molar-refractivity contribution < 1.29 is 0 Å². The number of nitrogens with zero attached hydrogens (tertiary/aromatic N) is 1. The SMILES string of the molecule is CC(C)CCN1CCNNN1. The highest BCUT2D eigenvalue weighted by Crippen LogP contribution is 1.99. The molecule has 1 fully saturated rings. The summed E-state index contributed by atoms with van der Waals surface area (Å²) in [6.07, 6.45) is 1.24. The van der Waals surface area contributed by atoms with Crippen LogP contribution in [0, 0.1) is 5.92 Å². The van der Waals surface area contributed by atoms with Gasteiger partial charge in [0.15, 0.2) is 0 Å². The summed E-state index contributed by atoms with van der Waals surface area (Å²) in [5, 5.41) is 2.19. The minimum absolute atomic E-state index is 0.784. The van der Waals surface area contributed by atoms with Crippen LogP contribution in [0.5, 0.6) is 0 Å². The molecule has 0 saturated carbocycles. The van der Waals surface area contributed by atoms with Gasteiger partial charge in [0.2, 0.25) is 0 Å². The zero-order valence-electron chi connectivity index (χ0n) is 7.35. The highest BCUT2D eigenvalue weighted by molar-refractivity contribution is 4.57. The van der Waals surface area contributed by atoms with Gasteiger partial charge in [-0.15, -0.1) is 0 Å². The Morgan fingerprint density at radius 1 is 1.45 bits per heavy atom. The van der Waals surface area contributed by atoms with E-state index in [1.54, 1.807) is 0 Å². The summed E-state index contributed by atoms with van der Waals surface area (Å²) < 4.78 is 0. The molecule has 0 bridgehead atoms. The van der Waals surface area contributed by atoms with Crippen molar-refractivity contribution in [1.29, 1.82) is 0 Å². The Bertz CT molecular complexity index is 98.6. The Hall–Kier alpha value is -0.160. The first-order valence-electron chi connectivity index (χ1n) is 4.27. The second-order valence-electron chi connectivity index (χ2n) is 3.33. The molecule has 11 heavy (non-hydrogen) atoms. The van der Waals surface area contributed by atoms with E-state index in [0.29, 0.717) is 0 Å². The van der Waals surface area contributed by atoms with Crippen molar-refractivity contribution in [1.82, 2.24) is 21.5 Å². The van der Waals surface area contributed by atoms with Crippen molar-refractivity contribution in [2.45, 2.75) is 20.3 Å². The van der Waals surface area contributed by atoms with E-state index in [4.69, 9.17) is 0 Å². The number of hydrazine groups is 3. The summed E-state index contributed by atoms with van der Waals surface area (Å²) in [5.41, 5.74) is 8.93. The van der Waals surface area contributed by atoms with Gasteiger partial charge in [0.25, 0.3) is 0 Å². The third-order valence-corrected chi connectivity index (χ3v) is 1.79. The number of hydrogen-bond donors (Lipinski definition) is 3. The highest BCUT2D eigenvalue weighted by atomic mass is 15.8. The van der Waals surface area contributed by atoms with E-state index in [9.17, 15) is 0 Å². The van der Waals surface area contributed by atoms with E-state index >= 15 is 0 Å². The molecule has 66 valence electrons. The standard InChI is InChI=1S/C7H18N4/c1-7(2)3-5-11-6-4-8-9-10-11/h7-10H,3-6H2,1-2H3. The van der Waals surface area contributed by atoms with Crippen LogP contribution in [-0.4, -0.2) is 24.6 Å². The predicted octanol–water partition coefficient (Wildman–Crippen LogP) is -0.138. The second-order valence-corrected chi connectivity index (χ2v) is 3.33. The maximum absolute atomic E-state index is 3.05. The number of rotatable bonds is 3. The Kier molecular flexibility index (Phi) is 3.79. The fourth-order valence-corrected chi connectivity index (χ4v) is 1.01. The molecule has 0 spiro atoms. The number of hydrogen-bond acceptors (Lipinski definition) is 4. The van der Waals surface area contributed by atoms with Gasteiger partial charge >= 0.3 is 0 Å². The Balaban J connectivity index is 2.05. The summed E-state index contributed by atoms with van der Waals surface area (Å²) >= 11 is 0. The quantitative estimate of drug-likeness (QED) is 0.535. The lowest BCUT2D eigenvalue weighted by Gasteiger charge is -2.28. The summed E-state index contributed by atoms with van der Waals surface area (Å²) in [7, 11) is 0. The van der Waals surface area contributed by atoms with Crippen LogP contribution in [0.1, 0.15) is 20.3 Å². The monoisotopic (exact) mass is 158 g/mol. The summed E-state index contributed by atoms with van der Waals surface area (Å²) in [4.78, 5) is 0. The molecular formula is C7H18N4. The third kappa shape index (κ3) is 3.67. The molecule has 0 aromatic heterocycles. The molecule has 4 heteroatoms. The van der Waals surface area contributed by atoms with E-state index in [1.807, 2.05) is 0 Å². The lowest BCUT2D eigenvalue weighted by Crippen LogP contribution is -2.60. The zero-order chi connectivity index (χ0) is 8.10. The fourth-order valence-electron chi connectivity index (χ4n) is 1.01. The van der Waals surface area contributed by atoms with Crippen LogP contribution in [-0.2, 0) is 0 Å². The molecule has 0 amide bonds. The van der Waals surface area contributed by atoms with Gasteiger partial charge in [0.1, 0.15) is 0 Å². The van der Waals surface area contributed by atoms with Crippen LogP contribution in [0.4, 0.5) is 0 Å². The molecule has 0 aromatic rings. The van der Waals surface area contributed by atoms with Crippen molar-refractivity contribution >= 4 is 0 Å². The first-order valence-corrected chi connectivity index (χ1v) is 4.27. The summed E-state index contributed by atoms with van der Waals surface area (Å²) in [6.45, 7) is 7.68. The average Bonchev–Trinajstić information content (AvgIpc) is 2.03. The minimum Gasteiger partial charge on any atom is -0.242 e. The maximum Gasteiger partial charge on any atom is 0.0284 e.